The van der Waals surface area contributed by atoms with Crippen molar-refractivity contribution < 1.29 is 54.8 Å². The average molecular weight is 212 g/mol. The van der Waals surface area contributed by atoms with E-state index in [4.69, 9.17) is 4.74 Å². The molecule has 76 valence electrons. The molecule has 0 aromatic carbocycles. The summed E-state index contributed by atoms with van der Waals surface area (Å²) >= 11 is 0. The minimum atomic E-state index is -0.751. The van der Waals surface area contributed by atoms with Crippen LogP contribution in [0.3, 0.4) is 0 Å². The fourth-order valence-corrected chi connectivity index (χ4v) is 0.920. The molecule has 1 heterocycles. The van der Waals surface area contributed by atoms with E-state index in [-0.39, 0.29) is 44.2 Å². The molecule has 2 atom stereocenters. The van der Waals surface area contributed by atoms with Gasteiger partial charge in [0.25, 0.3) is 0 Å². The molecule has 0 spiro atoms. The van der Waals surface area contributed by atoms with Gasteiger partial charge in [-0.1, -0.05) is 0 Å². The van der Waals surface area contributed by atoms with Crippen LogP contribution in [0.5, 0.6) is 0 Å². The molecule has 14 heavy (non-hydrogen) atoms. The Balaban J connectivity index is 0. The predicted octanol–water partition coefficient (Wildman–Crippen LogP) is -3.00. The molecule has 1 rings (SSSR count). The van der Waals surface area contributed by atoms with E-state index in [1.54, 1.807) is 13.8 Å². The van der Waals surface area contributed by atoms with E-state index in [1.165, 1.54) is 0 Å². The van der Waals surface area contributed by atoms with E-state index in [2.05, 4.69) is 9.47 Å². The van der Waals surface area contributed by atoms with Gasteiger partial charge in [0, 0.05) is 0 Å². The van der Waals surface area contributed by atoms with E-state index >= 15 is 0 Å². The number of ether oxygens (including phenoxy) is 3. The van der Waals surface area contributed by atoms with Gasteiger partial charge in [-0.15, -0.1) is 0 Å². The third kappa shape index (κ3) is 3.57. The topological polar surface area (TPSA) is 65.1 Å². The Bertz CT molecular complexity index is 201. The molecule has 0 aliphatic carbocycles. The van der Waals surface area contributed by atoms with Gasteiger partial charge >= 0.3 is 41.5 Å². The van der Waals surface area contributed by atoms with Crippen LogP contribution < -0.4 is 29.6 Å². The minimum Gasteiger partial charge on any atom is -1.00 e. The summed E-state index contributed by atoms with van der Waals surface area (Å²) in [6.45, 7) is 3.96. The van der Waals surface area contributed by atoms with Gasteiger partial charge < -0.3 is 15.6 Å². The van der Waals surface area contributed by atoms with Gasteiger partial charge in [-0.05, 0) is 13.8 Å². The molecule has 2 unspecified atom stereocenters. The van der Waals surface area contributed by atoms with Crippen molar-refractivity contribution in [1.82, 2.24) is 0 Å². The van der Waals surface area contributed by atoms with Crippen LogP contribution in [0.1, 0.15) is 15.3 Å². The predicted molar refractivity (Wildman–Crippen MR) is 43.0 cm³/mol. The summed E-state index contributed by atoms with van der Waals surface area (Å²) < 4.78 is 14.1. The van der Waals surface area contributed by atoms with Crippen LogP contribution in [0.15, 0.2) is 0 Å². The molecular weight excluding hydrogens is 199 g/mol. The van der Waals surface area contributed by atoms with Gasteiger partial charge in [0.15, 0.2) is 12.2 Å². The van der Waals surface area contributed by atoms with E-state index in [1.807, 2.05) is 0 Å². The molecular formula is C8H13NaO5. The molecule has 0 radical (unpaired) electrons. The molecule has 5 nitrogen and oxygen atoms in total. The fourth-order valence-electron chi connectivity index (χ4n) is 0.920. The van der Waals surface area contributed by atoms with Crippen molar-refractivity contribution in [1.29, 1.82) is 0 Å². The number of esters is 2. The summed E-state index contributed by atoms with van der Waals surface area (Å²) in [4.78, 5) is 21.9. The van der Waals surface area contributed by atoms with Gasteiger partial charge in [0.2, 0.25) is 0 Å². The summed E-state index contributed by atoms with van der Waals surface area (Å²) in [5, 5.41) is 0. The molecule has 6 heteroatoms. The fraction of sp³-hybridized carbons (Fsp3) is 0.750. The van der Waals surface area contributed by atoms with Gasteiger partial charge in [0.05, 0.1) is 13.2 Å². The number of epoxide rings is 1. The maximum absolute atomic E-state index is 11.0. The summed E-state index contributed by atoms with van der Waals surface area (Å²) in [5.41, 5.74) is 0. The standard InChI is InChI=1S/C8H12O5.Na.H/c1-3-11-7(9)5-6(13-5)8(10)12-4-2;;/h5-6H,3-4H2,1-2H3;;/q;+1;-1. The monoisotopic (exact) mass is 212 g/mol. The molecule has 1 aliphatic rings. The molecule has 1 saturated heterocycles. The zero-order valence-electron chi connectivity index (χ0n) is 9.61. The third-order valence-electron chi connectivity index (χ3n) is 1.53. The first kappa shape index (κ1) is 13.9. The Kier molecular flexibility index (Phi) is 6.35. The van der Waals surface area contributed by atoms with E-state index in [0.717, 1.165) is 0 Å². The normalized spacial score (nSPS) is 23.3. The first-order chi connectivity index (χ1) is 6.20. The molecule has 0 saturated carbocycles. The van der Waals surface area contributed by atoms with Crippen LogP contribution in [-0.4, -0.2) is 37.4 Å². The molecule has 0 N–H and O–H groups in total. The van der Waals surface area contributed by atoms with E-state index in [9.17, 15) is 9.59 Å². The van der Waals surface area contributed by atoms with Crippen molar-refractivity contribution in [2.75, 3.05) is 13.2 Å². The Labute approximate surface area is 106 Å². The smallest absolute Gasteiger partial charge is 1.00 e. The largest absolute Gasteiger partial charge is 1.00 e. The van der Waals surface area contributed by atoms with Crippen LogP contribution in [0, 0.1) is 0 Å². The Morgan fingerprint density at radius 2 is 1.50 bits per heavy atom. The van der Waals surface area contributed by atoms with Crippen LogP contribution in [0.2, 0.25) is 0 Å². The van der Waals surface area contributed by atoms with Gasteiger partial charge in [-0.2, -0.15) is 0 Å². The van der Waals surface area contributed by atoms with Gasteiger partial charge in [-0.25, -0.2) is 9.59 Å². The summed E-state index contributed by atoms with van der Waals surface area (Å²) in [5.74, 6) is -0.999. The first-order valence-electron chi connectivity index (χ1n) is 4.19. The SMILES string of the molecule is CCOC(=O)C1OC1C(=O)OCC.[H-].[Na+]. The van der Waals surface area contributed by atoms with Crippen molar-refractivity contribution in [2.24, 2.45) is 0 Å². The molecule has 0 aromatic rings. The maximum Gasteiger partial charge on any atom is 1.00 e. The second kappa shape index (κ2) is 6.40. The van der Waals surface area contributed by atoms with Crippen LogP contribution in [0.25, 0.3) is 0 Å². The van der Waals surface area contributed by atoms with E-state index in [0.29, 0.717) is 0 Å². The second-order valence-electron chi connectivity index (χ2n) is 2.48. The number of carbonyl (C=O) groups is 2. The number of carbonyl (C=O) groups excluding carboxylic acids is 2. The van der Waals surface area contributed by atoms with Crippen molar-refractivity contribution in [3.8, 4) is 0 Å². The van der Waals surface area contributed by atoms with Crippen LogP contribution >= 0.6 is 0 Å². The van der Waals surface area contributed by atoms with Crippen molar-refractivity contribution >= 4 is 11.9 Å². The first-order valence-corrected chi connectivity index (χ1v) is 4.19. The average Bonchev–Trinajstić information content (AvgIpc) is 2.84. The Morgan fingerprint density at radius 3 is 1.79 bits per heavy atom. The van der Waals surface area contributed by atoms with E-state index < -0.39 is 24.1 Å². The zero-order chi connectivity index (χ0) is 9.84. The molecule has 0 aromatic heterocycles. The zero-order valence-corrected chi connectivity index (χ0v) is 10.6. The quantitative estimate of drug-likeness (QED) is 0.282. The molecule has 0 bridgehead atoms. The third-order valence-corrected chi connectivity index (χ3v) is 1.53. The Hall–Kier alpha value is -0.100. The van der Waals surface area contributed by atoms with Crippen molar-refractivity contribution in [3.63, 3.8) is 0 Å². The van der Waals surface area contributed by atoms with Crippen molar-refractivity contribution in [2.45, 2.75) is 26.1 Å². The van der Waals surface area contributed by atoms with Crippen molar-refractivity contribution in [3.05, 3.63) is 0 Å². The van der Waals surface area contributed by atoms with Gasteiger partial charge in [0.1, 0.15) is 0 Å². The maximum atomic E-state index is 11.0. The number of hydrogen-bond acceptors (Lipinski definition) is 5. The molecule has 0 amide bonds. The summed E-state index contributed by atoms with van der Waals surface area (Å²) in [6, 6.07) is 0. The molecule has 1 aliphatic heterocycles. The second-order valence-corrected chi connectivity index (χ2v) is 2.48. The number of hydrogen-bond donors (Lipinski definition) is 0. The molecule has 1 fully saturated rings. The van der Waals surface area contributed by atoms with Crippen LogP contribution in [-0.2, 0) is 23.8 Å². The van der Waals surface area contributed by atoms with Gasteiger partial charge in [-0.3, -0.25) is 0 Å². The Morgan fingerprint density at radius 1 is 1.14 bits per heavy atom. The van der Waals surface area contributed by atoms with Crippen LogP contribution in [0.4, 0.5) is 0 Å². The summed E-state index contributed by atoms with van der Waals surface area (Å²) in [7, 11) is 0. The minimum absolute atomic E-state index is 0. The summed E-state index contributed by atoms with van der Waals surface area (Å²) in [6.07, 6.45) is -1.50. The number of rotatable bonds is 4.